The molecule has 0 saturated carbocycles. The third-order valence-electron chi connectivity index (χ3n) is 4.66. The number of carbonyl (C=O) groups excluding carboxylic acids is 1. The van der Waals surface area contributed by atoms with Crippen LogP contribution in [0.5, 0.6) is 0 Å². The Morgan fingerprint density at radius 3 is 2.67 bits per heavy atom. The van der Waals surface area contributed by atoms with Gasteiger partial charge in [-0.15, -0.1) is 0 Å². The first-order valence-electron chi connectivity index (χ1n) is 9.09. The van der Waals surface area contributed by atoms with Crippen molar-refractivity contribution >= 4 is 33.5 Å². The molecule has 0 radical (unpaired) electrons. The smallest absolute Gasteiger partial charge is 0.204 e. The number of aliphatic hydroxyl groups excluding tert-OH is 1. The summed E-state index contributed by atoms with van der Waals surface area (Å²) < 4.78 is 1.91. The molecule has 0 aliphatic rings. The van der Waals surface area contributed by atoms with Gasteiger partial charge in [-0.3, -0.25) is 4.79 Å². The van der Waals surface area contributed by atoms with Crippen LogP contribution in [-0.4, -0.2) is 33.6 Å². The number of nitrogens with one attached hydrogen (secondary N) is 1. The number of benzene rings is 3. The van der Waals surface area contributed by atoms with Crippen LogP contribution in [0.2, 0.25) is 0 Å². The summed E-state index contributed by atoms with van der Waals surface area (Å²) in [7, 11) is 0. The molecule has 5 nitrogen and oxygen atoms in total. The molecule has 4 aromatic rings. The third kappa shape index (κ3) is 3.41. The molecule has 1 aromatic heterocycles. The molecule has 0 bridgehead atoms. The third-order valence-corrected chi connectivity index (χ3v) is 4.66. The monoisotopic (exact) mass is 359 g/mol. The average Bonchev–Trinajstić information content (AvgIpc) is 3.05. The molecule has 5 heteroatoms. The fourth-order valence-corrected chi connectivity index (χ4v) is 3.35. The van der Waals surface area contributed by atoms with Crippen LogP contribution in [0.15, 0.2) is 66.7 Å². The van der Waals surface area contributed by atoms with Crippen LogP contribution in [0.4, 0.5) is 5.95 Å². The molecule has 0 fully saturated rings. The molecule has 0 saturated heterocycles. The molecule has 27 heavy (non-hydrogen) atoms. The van der Waals surface area contributed by atoms with E-state index in [2.05, 4.69) is 10.3 Å². The van der Waals surface area contributed by atoms with Crippen LogP contribution in [0, 0.1) is 0 Å². The molecule has 4 rings (SSSR count). The first kappa shape index (κ1) is 17.2. The molecular weight excluding hydrogens is 338 g/mol. The topological polar surface area (TPSA) is 67.2 Å². The van der Waals surface area contributed by atoms with E-state index in [4.69, 9.17) is 5.11 Å². The zero-order valence-corrected chi connectivity index (χ0v) is 14.9. The molecule has 0 unspecified atom stereocenters. The molecule has 3 aromatic carbocycles. The minimum absolute atomic E-state index is 0.0418. The molecular formula is C22H21N3O2. The summed E-state index contributed by atoms with van der Waals surface area (Å²) in [5.41, 5.74) is 2.47. The highest BCUT2D eigenvalue weighted by Gasteiger charge is 2.16. The number of anilines is 1. The van der Waals surface area contributed by atoms with E-state index < -0.39 is 0 Å². The predicted molar refractivity (Wildman–Crippen MR) is 108 cm³/mol. The van der Waals surface area contributed by atoms with Gasteiger partial charge in [0.2, 0.25) is 5.95 Å². The minimum Gasteiger partial charge on any atom is -0.396 e. The lowest BCUT2D eigenvalue weighted by atomic mass is 10.0. The van der Waals surface area contributed by atoms with Crippen LogP contribution in [-0.2, 0) is 6.54 Å². The van der Waals surface area contributed by atoms with Crippen LogP contribution < -0.4 is 5.32 Å². The number of imidazole rings is 1. The summed E-state index contributed by atoms with van der Waals surface area (Å²) in [6, 6.07) is 21.5. The minimum atomic E-state index is 0.0418. The number of rotatable bonds is 7. The van der Waals surface area contributed by atoms with Crippen LogP contribution >= 0.6 is 0 Å². The molecule has 2 N–H and O–H groups in total. The quantitative estimate of drug-likeness (QED) is 0.388. The lowest BCUT2D eigenvalue weighted by Gasteiger charge is -2.11. The van der Waals surface area contributed by atoms with Crippen molar-refractivity contribution in [3.05, 3.63) is 72.3 Å². The highest BCUT2D eigenvalue weighted by atomic mass is 16.3. The van der Waals surface area contributed by atoms with Crippen molar-refractivity contribution in [2.24, 2.45) is 0 Å². The van der Waals surface area contributed by atoms with Gasteiger partial charge < -0.3 is 15.0 Å². The summed E-state index contributed by atoms with van der Waals surface area (Å²) >= 11 is 0. The molecule has 136 valence electrons. The van der Waals surface area contributed by atoms with E-state index in [-0.39, 0.29) is 18.9 Å². The van der Waals surface area contributed by atoms with Gasteiger partial charge in [-0.25, -0.2) is 4.98 Å². The first-order valence-corrected chi connectivity index (χ1v) is 9.09. The van der Waals surface area contributed by atoms with Crippen molar-refractivity contribution in [1.29, 1.82) is 0 Å². The van der Waals surface area contributed by atoms with E-state index in [1.54, 1.807) is 0 Å². The fraction of sp³-hybridized carbons (Fsp3) is 0.182. The van der Waals surface area contributed by atoms with Gasteiger partial charge in [0, 0.05) is 18.7 Å². The second-order valence-corrected chi connectivity index (χ2v) is 6.46. The number of fused-ring (bicyclic) bond motifs is 2. The molecule has 0 amide bonds. The Morgan fingerprint density at radius 2 is 1.78 bits per heavy atom. The number of nitrogens with zero attached hydrogens (tertiary/aromatic N) is 2. The number of Topliss-reactive ketones (excluding diaryl/α,β-unsaturated/α-hetero) is 1. The summed E-state index contributed by atoms with van der Waals surface area (Å²) in [5.74, 6) is 0.693. The van der Waals surface area contributed by atoms with Crippen molar-refractivity contribution in [1.82, 2.24) is 9.55 Å². The zero-order chi connectivity index (χ0) is 18.6. The summed E-state index contributed by atoms with van der Waals surface area (Å²) in [6.45, 7) is 0.917. The van der Waals surface area contributed by atoms with Gasteiger partial charge in [-0.2, -0.15) is 0 Å². The van der Waals surface area contributed by atoms with Crippen molar-refractivity contribution < 1.29 is 9.90 Å². The van der Waals surface area contributed by atoms with Gasteiger partial charge in [0.1, 0.15) is 0 Å². The average molecular weight is 359 g/mol. The summed E-state index contributed by atoms with van der Waals surface area (Å²) in [5, 5.41) is 14.3. The fourth-order valence-electron chi connectivity index (χ4n) is 3.35. The van der Waals surface area contributed by atoms with Crippen LogP contribution in [0.3, 0.4) is 0 Å². The van der Waals surface area contributed by atoms with E-state index in [1.165, 1.54) is 0 Å². The summed E-state index contributed by atoms with van der Waals surface area (Å²) in [6.07, 6.45) is 0.625. The maximum atomic E-state index is 13.1. The Labute approximate surface area is 157 Å². The molecule has 1 heterocycles. The van der Waals surface area contributed by atoms with Crippen molar-refractivity contribution in [2.75, 3.05) is 18.5 Å². The van der Waals surface area contributed by atoms with E-state index in [0.717, 1.165) is 21.8 Å². The Balaban J connectivity index is 1.71. The number of hydrogen-bond donors (Lipinski definition) is 2. The first-order chi connectivity index (χ1) is 13.3. The van der Waals surface area contributed by atoms with Gasteiger partial charge >= 0.3 is 0 Å². The maximum absolute atomic E-state index is 13.1. The number of aromatic nitrogens is 2. The highest BCUT2D eigenvalue weighted by molar-refractivity contribution is 6.08. The van der Waals surface area contributed by atoms with Gasteiger partial charge in [-0.1, -0.05) is 54.6 Å². The molecule has 0 atom stereocenters. The summed E-state index contributed by atoms with van der Waals surface area (Å²) in [4.78, 5) is 17.7. The lowest BCUT2D eigenvalue weighted by molar-refractivity contribution is 0.0975. The Hall–Kier alpha value is -3.18. The Bertz CT molecular complexity index is 1100. The van der Waals surface area contributed by atoms with Gasteiger partial charge in [0.05, 0.1) is 17.6 Å². The van der Waals surface area contributed by atoms with E-state index in [1.807, 2.05) is 71.3 Å². The number of ketones is 1. The maximum Gasteiger partial charge on any atom is 0.204 e. The highest BCUT2D eigenvalue weighted by Crippen LogP contribution is 2.23. The molecule has 0 aliphatic heterocycles. The standard InChI is InChI=1S/C22H21N3O2/c26-14-6-13-23-22-24-19-11-3-4-12-20(19)25(22)15-21(27)18-10-5-8-16-7-1-2-9-17(16)18/h1-5,7-12,26H,6,13-15H2,(H,23,24). The Kier molecular flexibility index (Phi) is 4.85. The molecule has 0 aliphatic carbocycles. The number of aliphatic hydroxyl groups is 1. The number of para-hydroxylation sites is 2. The van der Waals surface area contributed by atoms with Crippen molar-refractivity contribution in [3.8, 4) is 0 Å². The SMILES string of the molecule is O=C(Cn1c(NCCCO)nc2ccccc21)c1cccc2ccccc12. The lowest BCUT2D eigenvalue weighted by Crippen LogP contribution is -2.15. The largest absolute Gasteiger partial charge is 0.396 e. The van der Waals surface area contributed by atoms with Crippen LogP contribution in [0.25, 0.3) is 21.8 Å². The second-order valence-electron chi connectivity index (χ2n) is 6.46. The zero-order valence-electron chi connectivity index (χ0n) is 14.9. The van der Waals surface area contributed by atoms with E-state index in [9.17, 15) is 4.79 Å². The number of hydrogen-bond acceptors (Lipinski definition) is 4. The van der Waals surface area contributed by atoms with Crippen molar-refractivity contribution in [2.45, 2.75) is 13.0 Å². The Morgan fingerprint density at radius 1 is 1.00 bits per heavy atom. The second kappa shape index (κ2) is 7.60. The molecule has 0 spiro atoms. The van der Waals surface area contributed by atoms with Gasteiger partial charge in [0.25, 0.3) is 0 Å². The van der Waals surface area contributed by atoms with Gasteiger partial charge in [0.15, 0.2) is 5.78 Å². The van der Waals surface area contributed by atoms with E-state index >= 15 is 0 Å². The van der Waals surface area contributed by atoms with E-state index in [0.29, 0.717) is 24.5 Å². The predicted octanol–water partition coefficient (Wildman–Crippen LogP) is 3.87. The van der Waals surface area contributed by atoms with Crippen molar-refractivity contribution in [3.63, 3.8) is 0 Å². The number of carbonyl (C=O) groups is 1. The van der Waals surface area contributed by atoms with Gasteiger partial charge in [-0.05, 0) is 29.3 Å². The van der Waals surface area contributed by atoms with Crippen LogP contribution in [0.1, 0.15) is 16.8 Å². The normalized spacial score (nSPS) is 11.1.